The van der Waals surface area contributed by atoms with Gasteiger partial charge in [-0.05, 0) is 65.9 Å². The van der Waals surface area contributed by atoms with Gasteiger partial charge in [-0.25, -0.2) is 4.79 Å². The van der Waals surface area contributed by atoms with Gasteiger partial charge < -0.3 is 18.9 Å². The first kappa shape index (κ1) is 26.5. The normalized spacial score (nSPS) is 10.4. The Bertz CT molecular complexity index is 1180. The number of ether oxygens (including phenoxy) is 4. The molecule has 0 heterocycles. The molecule has 0 N–H and O–H groups in total. The van der Waals surface area contributed by atoms with E-state index >= 15 is 0 Å². The van der Waals surface area contributed by atoms with Crippen LogP contribution in [0.3, 0.4) is 0 Å². The average Bonchev–Trinajstić information content (AvgIpc) is 2.89. The molecule has 188 valence electrons. The zero-order valence-corrected chi connectivity index (χ0v) is 21.0. The Kier molecular flexibility index (Phi) is 9.69. The van der Waals surface area contributed by atoms with Gasteiger partial charge in [0.05, 0.1) is 0 Å². The second-order valence-corrected chi connectivity index (χ2v) is 8.27. The molecule has 3 aromatic carbocycles. The third kappa shape index (κ3) is 7.73. The predicted octanol–water partition coefficient (Wildman–Crippen LogP) is 6.16. The van der Waals surface area contributed by atoms with Crippen LogP contribution in [0.1, 0.15) is 25.8 Å². The molecule has 0 saturated carbocycles. The van der Waals surface area contributed by atoms with Crippen LogP contribution in [0.25, 0.3) is 22.3 Å². The molecule has 0 saturated heterocycles. The molecule has 0 aliphatic heterocycles. The van der Waals surface area contributed by atoms with E-state index in [4.69, 9.17) is 18.9 Å². The highest BCUT2D eigenvalue weighted by Crippen LogP contribution is 2.30. The van der Waals surface area contributed by atoms with Crippen molar-refractivity contribution in [2.75, 3.05) is 26.4 Å². The predicted molar refractivity (Wildman–Crippen MR) is 140 cm³/mol. The molecule has 3 aromatic rings. The molecule has 0 bridgehead atoms. The molecular formula is C30H32O6. The molecule has 0 aromatic heterocycles. The standard InChI is InChI=1S/C30H32O6/c1-5-29(31)35-18-16-33-26-11-6-23(7-12-26)25-10-15-28(22(4)20-25)24-8-13-27(14-9-24)34-17-19-36-30(32)21(2)3/h6-15,20H,2,5,16-19H2,1,3-4H3. The SMILES string of the molecule is C=C(C)C(=O)OCCOc1ccc(-c2ccc(-c3ccc(OCCOC(=O)CC)cc3)cc2C)cc1. The Morgan fingerprint density at radius 1 is 0.722 bits per heavy atom. The monoisotopic (exact) mass is 488 g/mol. The average molecular weight is 489 g/mol. The van der Waals surface area contributed by atoms with Gasteiger partial charge in [0.2, 0.25) is 0 Å². The highest BCUT2D eigenvalue weighted by Gasteiger charge is 2.07. The van der Waals surface area contributed by atoms with Crippen LogP contribution < -0.4 is 9.47 Å². The highest BCUT2D eigenvalue weighted by atomic mass is 16.6. The van der Waals surface area contributed by atoms with Crippen molar-refractivity contribution in [1.29, 1.82) is 0 Å². The summed E-state index contributed by atoms with van der Waals surface area (Å²) < 4.78 is 21.3. The molecule has 0 aliphatic carbocycles. The fourth-order valence-electron chi connectivity index (χ4n) is 3.48. The molecule has 0 atom stereocenters. The van der Waals surface area contributed by atoms with Crippen molar-refractivity contribution in [3.8, 4) is 33.8 Å². The Balaban J connectivity index is 1.55. The maximum Gasteiger partial charge on any atom is 0.333 e. The molecule has 0 radical (unpaired) electrons. The van der Waals surface area contributed by atoms with E-state index in [9.17, 15) is 9.59 Å². The van der Waals surface area contributed by atoms with E-state index in [1.807, 2.05) is 48.5 Å². The highest BCUT2D eigenvalue weighted by molar-refractivity contribution is 5.86. The van der Waals surface area contributed by atoms with E-state index < -0.39 is 5.97 Å². The number of benzene rings is 3. The van der Waals surface area contributed by atoms with Gasteiger partial charge in [0.1, 0.15) is 37.9 Å². The molecule has 0 aliphatic rings. The summed E-state index contributed by atoms with van der Waals surface area (Å²) in [4.78, 5) is 22.6. The summed E-state index contributed by atoms with van der Waals surface area (Å²) in [5.41, 5.74) is 5.96. The quantitative estimate of drug-likeness (QED) is 0.173. The lowest BCUT2D eigenvalue weighted by atomic mass is 9.96. The first-order valence-electron chi connectivity index (χ1n) is 11.9. The van der Waals surface area contributed by atoms with E-state index in [2.05, 4.69) is 31.7 Å². The van der Waals surface area contributed by atoms with Crippen LogP contribution in [0.5, 0.6) is 11.5 Å². The van der Waals surface area contributed by atoms with Gasteiger partial charge in [-0.1, -0.05) is 56.0 Å². The van der Waals surface area contributed by atoms with Crippen LogP contribution in [0, 0.1) is 6.92 Å². The summed E-state index contributed by atoms with van der Waals surface area (Å²) in [6.07, 6.45) is 0.364. The molecule has 0 unspecified atom stereocenters. The van der Waals surface area contributed by atoms with Crippen LogP contribution in [0.4, 0.5) is 0 Å². The minimum atomic E-state index is -0.413. The zero-order valence-electron chi connectivity index (χ0n) is 21.0. The Hall–Kier alpha value is -4.06. The van der Waals surface area contributed by atoms with Crippen molar-refractivity contribution in [1.82, 2.24) is 0 Å². The first-order chi connectivity index (χ1) is 17.4. The van der Waals surface area contributed by atoms with Crippen molar-refractivity contribution in [3.63, 3.8) is 0 Å². The minimum absolute atomic E-state index is 0.176. The number of hydrogen-bond donors (Lipinski definition) is 0. The molecule has 6 heteroatoms. The first-order valence-corrected chi connectivity index (χ1v) is 11.9. The fourth-order valence-corrected chi connectivity index (χ4v) is 3.48. The Labute approximate surface area is 212 Å². The third-order valence-electron chi connectivity index (χ3n) is 5.42. The van der Waals surface area contributed by atoms with Crippen molar-refractivity contribution >= 4 is 11.9 Å². The number of aryl methyl sites for hydroxylation is 1. The molecule has 0 spiro atoms. The lowest BCUT2D eigenvalue weighted by Gasteiger charge is -2.12. The lowest BCUT2D eigenvalue weighted by Crippen LogP contribution is -2.12. The summed E-state index contributed by atoms with van der Waals surface area (Å²) in [5.74, 6) is 0.806. The van der Waals surface area contributed by atoms with E-state index in [1.54, 1.807) is 13.8 Å². The number of carbonyl (C=O) groups excluding carboxylic acids is 2. The van der Waals surface area contributed by atoms with Gasteiger partial charge >= 0.3 is 11.9 Å². The maximum atomic E-state index is 11.4. The van der Waals surface area contributed by atoms with Crippen LogP contribution in [0.15, 0.2) is 78.9 Å². The number of rotatable bonds is 12. The summed E-state index contributed by atoms with van der Waals surface area (Å²) in [7, 11) is 0. The van der Waals surface area contributed by atoms with Gasteiger partial charge in [-0.2, -0.15) is 0 Å². The van der Waals surface area contributed by atoms with Gasteiger partial charge in [0.25, 0.3) is 0 Å². The second-order valence-electron chi connectivity index (χ2n) is 8.27. The van der Waals surface area contributed by atoms with E-state index in [1.165, 1.54) is 0 Å². The zero-order chi connectivity index (χ0) is 25.9. The minimum Gasteiger partial charge on any atom is -0.490 e. The molecule has 3 rings (SSSR count). The van der Waals surface area contributed by atoms with Crippen LogP contribution >= 0.6 is 0 Å². The lowest BCUT2D eigenvalue weighted by molar-refractivity contribution is -0.144. The molecule has 6 nitrogen and oxygen atoms in total. The summed E-state index contributed by atoms with van der Waals surface area (Å²) >= 11 is 0. The second kappa shape index (κ2) is 13.1. The Morgan fingerprint density at radius 2 is 1.25 bits per heavy atom. The number of esters is 2. The van der Waals surface area contributed by atoms with Gasteiger partial charge in [0, 0.05) is 12.0 Å². The van der Waals surface area contributed by atoms with Crippen molar-refractivity contribution in [2.24, 2.45) is 0 Å². The topological polar surface area (TPSA) is 71.1 Å². The smallest absolute Gasteiger partial charge is 0.333 e. The summed E-state index contributed by atoms with van der Waals surface area (Å²) in [6.45, 7) is 10.0. The van der Waals surface area contributed by atoms with Crippen molar-refractivity contribution < 1.29 is 28.5 Å². The largest absolute Gasteiger partial charge is 0.490 e. The maximum absolute atomic E-state index is 11.4. The van der Waals surface area contributed by atoms with E-state index in [0.717, 1.165) is 33.6 Å². The van der Waals surface area contributed by atoms with Crippen LogP contribution in [-0.4, -0.2) is 38.4 Å². The van der Waals surface area contributed by atoms with Gasteiger partial charge in [-0.15, -0.1) is 0 Å². The van der Waals surface area contributed by atoms with Gasteiger partial charge in [0.15, 0.2) is 0 Å². The van der Waals surface area contributed by atoms with E-state index in [-0.39, 0.29) is 25.8 Å². The van der Waals surface area contributed by atoms with Crippen LogP contribution in [0.2, 0.25) is 0 Å². The van der Waals surface area contributed by atoms with E-state index in [0.29, 0.717) is 24.4 Å². The summed E-state index contributed by atoms with van der Waals surface area (Å²) in [6, 6.07) is 22.1. The third-order valence-corrected chi connectivity index (χ3v) is 5.42. The number of hydrogen-bond acceptors (Lipinski definition) is 6. The Morgan fingerprint density at radius 3 is 1.78 bits per heavy atom. The fraction of sp³-hybridized carbons (Fsp3) is 0.267. The molecule has 0 fully saturated rings. The van der Waals surface area contributed by atoms with Crippen molar-refractivity contribution in [3.05, 3.63) is 84.4 Å². The summed E-state index contributed by atoms with van der Waals surface area (Å²) in [5, 5.41) is 0. The molecular weight excluding hydrogens is 456 g/mol. The van der Waals surface area contributed by atoms with Gasteiger partial charge in [-0.3, -0.25) is 4.79 Å². The van der Waals surface area contributed by atoms with Crippen molar-refractivity contribution in [2.45, 2.75) is 27.2 Å². The molecule has 0 amide bonds. The number of carbonyl (C=O) groups is 2. The van der Waals surface area contributed by atoms with Crippen LogP contribution in [-0.2, 0) is 19.1 Å². The molecule has 36 heavy (non-hydrogen) atoms.